The van der Waals surface area contributed by atoms with Gasteiger partial charge in [0, 0.05) is 5.56 Å². The Morgan fingerprint density at radius 3 is 1.84 bits per heavy atom. The van der Waals surface area contributed by atoms with E-state index in [-0.39, 0.29) is 28.4 Å². The smallest absolute Gasteiger partial charge is 0.411 e. The summed E-state index contributed by atoms with van der Waals surface area (Å²) in [6, 6.07) is 19.8. The van der Waals surface area contributed by atoms with Gasteiger partial charge in [-0.1, -0.05) is 60.7 Å². The van der Waals surface area contributed by atoms with Gasteiger partial charge in [-0.2, -0.15) is 26.3 Å². The molecule has 0 bridgehead atoms. The van der Waals surface area contributed by atoms with Gasteiger partial charge >= 0.3 is 12.4 Å². The molecule has 0 aliphatic rings. The average molecular weight is 595 g/mol. The highest BCUT2D eigenvalue weighted by Gasteiger charge is 2.72. The lowest BCUT2D eigenvalue weighted by molar-refractivity contribution is -0.288. The number of benzene rings is 4. The molecule has 0 spiro atoms. The molecular weight excluding hydrogens is 570 g/mol. The Bertz CT molecular complexity index is 1800. The molecule has 0 aliphatic carbocycles. The first-order valence-electron chi connectivity index (χ1n) is 12.9. The molecule has 1 aromatic heterocycles. The van der Waals surface area contributed by atoms with E-state index < -0.39 is 28.9 Å². The van der Waals surface area contributed by atoms with Crippen molar-refractivity contribution in [2.45, 2.75) is 24.7 Å². The second-order valence-corrected chi connectivity index (χ2v) is 9.93. The largest absolute Gasteiger partial charge is 0.494 e. The number of halogens is 6. The number of aliphatic imine (C=N–C) groups is 1. The van der Waals surface area contributed by atoms with Gasteiger partial charge < -0.3 is 9.15 Å². The minimum atomic E-state index is -5.79. The Kier molecular flexibility index (Phi) is 7.41. The summed E-state index contributed by atoms with van der Waals surface area (Å²) in [5.74, 6) is 0.0204. The standard InChI is InChI=1S/C33H24F6N2O2/c1-19(2)20-5-7-21(8-6-20)22-9-11-23(12-10-22)30-41-27-18-25(14-16-29(27)43-30)31(32(34,35)36,33(37,38)39)24-13-15-28(42-4)26(17-24)40-3/h5-18H,1,3H2,2,4H3. The molecule has 0 unspecified atom stereocenters. The van der Waals surface area contributed by atoms with Crippen LogP contribution < -0.4 is 4.74 Å². The van der Waals surface area contributed by atoms with E-state index in [1.807, 2.05) is 43.3 Å². The van der Waals surface area contributed by atoms with Gasteiger partial charge in [-0.15, -0.1) is 0 Å². The molecule has 0 atom stereocenters. The lowest BCUT2D eigenvalue weighted by Gasteiger charge is -2.38. The van der Waals surface area contributed by atoms with Gasteiger partial charge in [0.2, 0.25) is 11.3 Å². The summed E-state index contributed by atoms with van der Waals surface area (Å²) in [4.78, 5) is 7.81. The van der Waals surface area contributed by atoms with Crippen LogP contribution in [0.1, 0.15) is 23.6 Å². The Labute approximate surface area is 243 Å². The Hall–Kier alpha value is -4.86. The number of methoxy groups -OCH3 is 1. The molecule has 0 saturated heterocycles. The van der Waals surface area contributed by atoms with Gasteiger partial charge in [-0.3, -0.25) is 4.99 Å². The molecule has 0 fully saturated rings. The third kappa shape index (κ3) is 5.07. The first-order valence-corrected chi connectivity index (χ1v) is 12.9. The van der Waals surface area contributed by atoms with E-state index in [4.69, 9.17) is 9.15 Å². The van der Waals surface area contributed by atoms with Crippen molar-refractivity contribution in [3.8, 4) is 28.3 Å². The molecule has 220 valence electrons. The number of hydrogen-bond acceptors (Lipinski definition) is 4. The topological polar surface area (TPSA) is 47.6 Å². The van der Waals surface area contributed by atoms with E-state index in [0.29, 0.717) is 11.6 Å². The quantitative estimate of drug-likeness (QED) is 0.139. The predicted octanol–water partition coefficient (Wildman–Crippen LogP) is 9.95. The van der Waals surface area contributed by atoms with Crippen molar-refractivity contribution in [2.24, 2.45) is 4.99 Å². The predicted molar refractivity (Wildman–Crippen MR) is 155 cm³/mol. The van der Waals surface area contributed by atoms with Crippen LogP contribution in [0.4, 0.5) is 32.0 Å². The molecule has 0 N–H and O–H groups in total. The van der Waals surface area contributed by atoms with E-state index in [0.717, 1.165) is 52.6 Å². The van der Waals surface area contributed by atoms with Crippen LogP contribution in [0.5, 0.6) is 5.75 Å². The van der Waals surface area contributed by atoms with Crippen LogP contribution >= 0.6 is 0 Å². The van der Waals surface area contributed by atoms with Crippen LogP contribution in [0.25, 0.3) is 39.3 Å². The maximum Gasteiger partial charge on any atom is 0.411 e. The van der Waals surface area contributed by atoms with Gasteiger partial charge in [0.25, 0.3) is 0 Å². The molecule has 0 radical (unpaired) electrons. The van der Waals surface area contributed by atoms with Gasteiger partial charge in [0.05, 0.1) is 7.11 Å². The first-order chi connectivity index (χ1) is 20.3. The molecule has 0 amide bonds. The highest BCUT2D eigenvalue weighted by molar-refractivity contribution is 5.79. The first kappa shape index (κ1) is 29.6. The van der Waals surface area contributed by atoms with E-state index in [2.05, 4.69) is 23.3 Å². The number of aromatic nitrogens is 1. The number of ether oxygens (including phenoxy) is 1. The van der Waals surface area contributed by atoms with Crippen LogP contribution in [0.15, 0.2) is 101 Å². The van der Waals surface area contributed by atoms with Crippen molar-refractivity contribution in [1.82, 2.24) is 4.98 Å². The number of allylic oxidation sites excluding steroid dienone is 1. The van der Waals surface area contributed by atoms with Crippen LogP contribution in [0.3, 0.4) is 0 Å². The summed E-state index contributed by atoms with van der Waals surface area (Å²) < 4.78 is 99.1. The van der Waals surface area contributed by atoms with E-state index in [1.54, 1.807) is 12.1 Å². The number of nitrogens with zero attached hydrogens (tertiary/aromatic N) is 2. The Morgan fingerprint density at radius 1 is 0.767 bits per heavy atom. The van der Waals surface area contributed by atoms with Crippen LogP contribution in [0, 0.1) is 0 Å². The molecular formula is C33H24F6N2O2. The molecule has 5 rings (SSSR count). The molecule has 43 heavy (non-hydrogen) atoms. The molecule has 0 aliphatic heterocycles. The highest BCUT2D eigenvalue weighted by Crippen LogP contribution is 2.57. The van der Waals surface area contributed by atoms with Crippen LogP contribution in [-0.2, 0) is 5.41 Å². The van der Waals surface area contributed by atoms with Gasteiger partial charge in [0.1, 0.15) is 17.0 Å². The summed E-state index contributed by atoms with van der Waals surface area (Å²) in [5, 5.41) is 0. The third-order valence-electron chi connectivity index (χ3n) is 7.30. The number of oxazole rings is 1. The van der Waals surface area contributed by atoms with E-state index in [9.17, 15) is 26.3 Å². The van der Waals surface area contributed by atoms with Crippen LogP contribution in [0.2, 0.25) is 0 Å². The maximum atomic E-state index is 14.7. The number of fused-ring (bicyclic) bond motifs is 1. The van der Waals surface area contributed by atoms with E-state index in [1.165, 1.54) is 7.11 Å². The fourth-order valence-corrected chi connectivity index (χ4v) is 5.07. The highest BCUT2D eigenvalue weighted by atomic mass is 19.4. The zero-order chi connectivity index (χ0) is 31.2. The molecule has 4 aromatic carbocycles. The molecule has 0 saturated carbocycles. The summed E-state index contributed by atoms with van der Waals surface area (Å²) in [5.41, 5.74) is -2.69. The SMILES string of the molecule is C=Nc1cc(C(c2ccc3oc(-c4ccc(-c5ccc(C(=C)C)cc5)cc4)nc3c2)(C(F)(F)F)C(F)(F)F)ccc1OC. The summed E-state index contributed by atoms with van der Waals surface area (Å²) in [6.45, 7) is 9.08. The Morgan fingerprint density at radius 2 is 1.30 bits per heavy atom. The lowest BCUT2D eigenvalue weighted by atomic mass is 9.72. The fraction of sp³-hybridized carbons (Fsp3) is 0.152. The zero-order valence-electron chi connectivity index (χ0n) is 23.0. The van der Waals surface area contributed by atoms with Crippen molar-refractivity contribution in [2.75, 3.05) is 7.11 Å². The van der Waals surface area contributed by atoms with Crippen molar-refractivity contribution in [3.05, 3.63) is 108 Å². The maximum absolute atomic E-state index is 14.7. The number of rotatable bonds is 7. The number of hydrogen-bond donors (Lipinski definition) is 0. The minimum Gasteiger partial charge on any atom is -0.494 e. The lowest BCUT2D eigenvalue weighted by Crippen LogP contribution is -2.54. The van der Waals surface area contributed by atoms with Crippen molar-refractivity contribution >= 4 is 29.1 Å². The van der Waals surface area contributed by atoms with Gasteiger partial charge in [-0.25, -0.2) is 4.98 Å². The zero-order valence-corrected chi connectivity index (χ0v) is 23.0. The summed E-state index contributed by atoms with van der Waals surface area (Å²) in [6.07, 6.45) is -11.6. The summed E-state index contributed by atoms with van der Waals surface area (Å²) in [7, 11) is 1.22. The van der Waals surface area contributed by atoms with Crippen molar-refractivity contribution < 1.29 is 35.5 Å². The van der Waals surface area contributed by atoms with Crippen molar-refractivity contribution in [3.63, 3.8) is 0 Å². The monoisotopic (exact) mass is 594 g/mol. The third-order valence-corrected chi connectivity index (χ3v) is 7.30. The second kappa shape index (κ2) is 10.8. The molecule has 4 nitrogen and oxygen atoms in total. The van der Waals surface area contributed by atoms with Gasteiger partial charge in [0.15, 0.2) is 5.58 Å². The Balaban J connectivity index is 1.59. The molecule has 10 heteroatoms. The second-order valence-electron chi connectivity index (χ2n) is 9.93. The average Bonchev–Trinajstić information content (AvgIpc) is 3.40. The van der Waals surface area contributed by atoms with Crippen molar-refractivity contribution in [1.29, 1.82) is 0 Å². The molecule has 5 aromatic rings. The normalized spacial score (nSPS) is 12.4. The number of alkyl halides is 6. The van der Waals surface area contributed by atoms with Crippen LogP contribution in [-0.4, -0.2) is 31.2 Å². The fourth-order valence-electron chi connectivity index (χ4n) is 5.07. The molecule has 1 heterocycles. The van der Waals surface area contributed by atoms with Gasteiger partial charge in [-0.05, 0) is 77.9 Å². The summed E-state index contributed by atoms with van der Waals surface area (Å²) >= 11 is 0. The minimum absolute atomic E-state index is 0.0245. The van der Waals surface area contributed by atoms with E-state index >= 15 is 0 Å².